The van der Waals surface area contributed by atoms with E-state index in [4.69, 9.17) is 4.42 Å². The van der Waals surface area contributed by atoms with E-state index >= 15 is 0 Å². The lowest BCUT2D eigenvalue weighted by Gasteiger charge is -2.24. The zero-order valence-electron chi connectivity index (χ0n) is 16.7. The Bertz CT molecular complexity index is 1060. The maximum Gasteiger partial charge on any atom is 0.264 e. The average Bonchev–Trinajstić information content (AvgIpc) is 3.29. The number of nitrogens with zero attached hydrogens (tertiary/aromatic N) is 1. The van der Waals surface area contributed by atoms with E-state index in [-0.39, 0.29) is 10.6 Å². The maximum atomic E-state index is 13.3. The maximum absolute atomic E-state index is 13.3. The Labute approximate surface area is 185 Å². The Kier molecular flexibility index (Phi) is 8.13. The summed E-state index contributed by atoms with van der Waals surface area (Å²) >= 11 is 1.69. The highest BCUT2D eigenvalue weighted by molar-refractivity contribution is 7.98. The standard InChI is InChI=1S/C22H23FN2O4S2/c23-18-9-11-19(12-10-18)25(31(27,28)21-7-2-1-3-8-21)16-22(26)24-13-5-15-30-17-20-6-4-14-29-20/h1-4,6-12,14H,5,13,15-17H2,(H,24,26). The number of halogens is 1. The number of rotatable bonds is 11. The topological polar surface area (TPSA) is 79.6 Å². The fourth-order valence-electron chi connectivity index (χ4n) is 2.80. The molecule has 31 heavy (non-hydrogen) atoms. The van der Waals surface area contributed by atoms with Gasteiger partial charge in [-0.1, -0.05) is 18.2 Å². The summed E-state index contributed by atoms with van der Waals surface area (Å²) in [5.74, 6) is 1.56. The molecule has 164 valence electrons. The van der Waals surface area contributed by atoms with Gasteiger partial charge in [0.1, 0.15) is 18.1 Å². The molecule has 0 radical (unpaired) electrons. The molecule has 0 unspecified atom stereocenters. The fraction of sp³-hybridized carbons (Fsp3) is 0.227. The van der Waals surface area contributed by atoms with Crippen LogP contribution in [0.5, 0.6) is 0 Å². The number of carbonyl (C=O) groups is 1. The van der Waals surface area contributed by atoms with Gasteiger partial charge in [0.15, 0.2) is 0 Å². The van der Waals surface area contributed by atoms with E-state index in [0.717, 1.165) is 40.1 Å². The van der Waals surface area contributed by atoms with Crippen molar-refractivity contribution in [3.05, 3.63) is 84.6 Å². The van der Waals surface area contributed by atoms with Gasteiger partial charge < -0.3 is 9.73 Å². The summed E-state index contributed by atoms with van der Waals surface area (Å²) in [6, 6.07) is 16.6. The smallest absolute Gasteiger partial charge is 0.264 e. The van der Waals surface area contributed by atoms with Crippen molar-refractivity contribution in [2.24, 2.45) is 0 Å². The quantitative estimate of drug-likeness (QED) is 0.435. The van der Waals surface area contributed by atoms with Crippen LogP contribution in [0.25, 0.3) is 0 Å². The number of benzene rings is 2. The summed E-state index contributed by atoms with van der Waals surface area (Å²) in [4.78, 5) is 12.5. The van der Waals surface area contributed by atoms with Crippen LogP contribution in [-0.2, 0) is 20.6 Å². The van der Waals surface area contributed by atoms with Crippen molar-refractivity contribution in [2.45, 2.75) is 17.1 Å². The van der Waals surface area contributed by atoms with Crippen LogP contribution in [0.4, 0.5) is 10.1 Å². The van der Waals surface area contributed by atoms with Crippen molar-refractivity contribution in [1.29, 1.82) is 0 Å². The molecule has 0 atom stereocenters. The molecule has 1 aromatic heterocycles. The monoisotopic (exact) mass is 462 g/mol. The summed E-state index contributed by atoms with van der Waals surface area (Å²) in [6.45, 7) is 0.0228. The molecule has 0 saturated carbocycles. The van der Waals surface area contributed by atoms with E-state index in [1.165, 1.54) is 24.3 Å². The molecule has 0 aliphatic carbocycles. The van der Waals surface area contributed by atoms with Crippen molar-refractivity contribution in [1.82, 2.24) is 5.32 Å². The Morgan fingerprint density at radius 3 is 2.45 bits per heavy atom. The molecule has 0 aliphatic heterocycles. The Morgan fingerprint density at radius 1 is 1.03 bits per heavy atom. The minimum Gasteiger partial charge on any atom is -0.468 e. The van der Waals surface area contributed by atoms with Gasteiger partial charge in [-0.25, -0.2) is 12.8 Å². The molecule has 1 heterocycles. The largest absolute Gasteiger partial charge is 0.468 e. The number of nitrogens with one attached hydrogen (secondary N) is 1. The molecule has 9 heteroatoms. The van der Waals surface area contributed by atoms with E-state index in [9.17, 15) is 17.6 Å². The second-order valence-electron chi connectivity index (χ2n) is 6.64. The second-order valence-corrected chi connectivity index (χ2v) is 9.60. The molecule has 3 rings (SSSR count). The Hall–Kier alpha value is -2.78. The van der Waals surface area contributed by atoms with Crippen LogP contribution >= 0.6 is 11.8 Å². The van der Waals surface area contributed by atoms with Crippen molar-refractivity contribution in [2.75, 3.05) is 23.1 Å². The molecule has 2 aromatic carbocycles. The number of furan rings is 1. The molecule has 0 spiro atoms. The fourth-order valence-corrected chi connectivity index (χ4v) is 5.10. The van der Waals surface area contributed by atoms with E-state index < -0.39 is 28.3 Å². The van der Waals surface area contributed by atoms with Crippen LogP contribution in [0.2, 0.25) is 0 Å². The van der Waals surface area contributed by atoms with Crippen molar-refractivity contribution in [3.63, 3.8) is 0 Å². The summed E-state index contributed by atoms with van der Waals surface area (Å²) in [7, 11) is -3.99. The summed E-state index contributed by atoms with van der Waals surface area (Å²) < 4.78 is 45.8. The van der Waals surface area contributed by atoms with E-state index in [2.05, 4.69) is 5.32 Å². The molecule has 0 bridgehead atoms. The molecular weight excluding hydrogens is 439 g/mol. The lowest BCUT2D eigenvalue weighted by molar-refractivity contribution is -0.119. The van der Waals surface area contributed by atoms with Crippen LogP contribution in [0.15, 0.2) is 82.3 Å². The van der Waals surface area contributed by atoms with Crippen LogP contribution in [0.1, 0.15) is 12.2 Å². The number of anilines is 1. The van der Waals surface area contributed by atoms with Gasteiger partial charge in [0, 0.05) is 6.54 Å². The van der Waals surface area contributed by atoms with E-state index in [1.807, 2.05) is 12.1 Å². The zero-order chi connectivity index (χ0) is 22.1. The third kappa shape index (κ3) is 6.60. The van der Waals surface area contributed by atoms with Gasteiger partial charge in [-0.3, -0.25) is 9.10 Å². The molecular formula is C22H23FN2O4S2. The van der Waals surface area contributed by atoms with Crippen LogP contribution < -0.4 is 9.62 Å². The highest BCUT2D eigenvalue weighted by Crippen LogP contribution is 2.23. The van der Waals surface area contributed by atoms with Crippen molar-refractivity contribution >= 4 is 33.4 Å². The molecule has 0 saturated heterocycles. The Morgan fingerprint density at radius 2 is 1.77 bits per heavy atom. The second kappa shape index (κ2) is 11.0. The number of hydrogen-bond acceptors (Lipinski definition) is 5. The van der Waals surface area contributed by atoms with Gasteiger partial charge in [-0.05, 0) is 60.7 Å². The molecule has 1 amide bonds. The van der Waals surface area contributed by atoms with Gasteiger partial charge in [0.25, 0.3) is 10.0 Å². The molecule has 1 N–H and O–H groups in total. The van der Waals surface area contributed by atoms with Crippen molar-refractivity contribution < 1.29 is 22.0 Å². The summed E-state index contributed by atoms with van der Waals surface area (Å²) in [5.41, 5.74) is 0.217. The lowest BCUT2D eigenvalue weighted by atomic mass is 10.3. The minimum absolute atomic E-state index is 0.0569. The van der Waals surface area contributed by atoms with Gasteiger partial charge in [0.2, 0.25) is 5.91 Å². The SMILES string of the molecule is O=C(CN(c1ccc(F)cc1)S(=O)(=O)c1ccccc1)NCCCSCc1ccco1. The number of amides is 1. The third-order valence-corrected chi connectivity index (χ3v) is 7.20. The third-order valence-electron chi connectivity index (χ3n) is 4.35. The van der Waals surface area contributed by atoms with Crippen molar-refractivity contribution in [3.8, 4) is 0 Å². The summed E-state index contributed by atoms with van der Waals surface area (Å²) in [6.07, 6.45) is 2.37. The zero-order valence-corrected chi connectivity index (χ0v) is 18.4. The van der Waals surface area contributed by atoms with E-state index in [1.54, 1.807) is 36.2 Å². The van der Waals surface area contributed by atoms with Gasteiger partial charge in [-0.2, -0.15) is 11.8 Å². The number of carbonyl (C=O) groups excluding carboxylic acids is 1. The van der Waals surface area contributed by atoms with E-state index in [0.29, 0.717) is 6.54 Å². The highest BCUT2D eigenvalue weighted by Gasteiger charge is 2.27. The first-order chi connectivity index (χ1) is 15.0. The first kappa shape index (κ1) is 22.9. The molecule has 0 aliphatic rings. The van der Waals surface area contributed by atoms with Crippen LogP contribution in [0.3, 0.4) is 0 Å². The highest BCUT2D eigenvalue weighted by atomic mass is 32.2. The Balaban J connectivity index is 1.59. The van der Waals surface area contributed by atoms with Gasteiger partial charge in [-0.15, -0.1) is 0 Å². The molecule has 0 fully saturated rings. The first-order valence-electron chi connectivity index (χ1n) is 9.67. The van der Waals surface area contributed by atoms with Gasteiger partial charge >= 0.3 is 0 Å². The molecule has 3 aromatic rings. The van der Waals surface area contributed by atoms with Crippen LogP contribution in [-0.4, -0.2) is 33.2 Å². The lowest BCUT2D eigenvalue weighted by Crippen LogP contribution is -2.41. The number of hydrogen-bond donors (Lipinski definition) is 1. The number of thioether (sulfide) groups is 1. The predicted molar refractivity (Wildman–Crippen MR) is 120 cm³/mol. The first-order valence-corrected chi connectivity index (χ1v) is 12.3. The normalized spacial score (nSPS) is 11.3. The molecule has 6 nitrogen and oxygen atoms in total. The minimum atomic E-state index is -3.99. The summed E-state index contributed by atoms with van der Waals surface area (Å²) in [5, 5.41) is 2.76. The average molecular weight is 463 g/mol. The van der Waals surface area contributed by atoms with Crippen LogP contribution in [0, 0.1) is 5.82 Å². The van der Waals surface area contributed by atoms with Gasteiger partial charge in [0.05, 0.1) is 22.6 Å². The number of sulfonamides is 1. The predicted octanol–water partition coefficient (Wildman–Crippen LogP) is 4.05.